The van der Waals surface area contributed by atoms with E-state index in [0.717, 1.165) is 12.8 Å². The van der Waals surface area contributed by atoms with Gasteiger partial charge in [-0.05, 0) is 72.6 Å². The third-order valence-electron chi connectivity index (χ3n) is 5.48. The third-order valence-corrected chi connectivity index (χ3v) is 7.30. The third kappa shape index (κ3) is 4.86. The summed E-state index contributed by atoms with van der Waals surface area (Å²) < 4.78 is 20.0. The number of carbonyl (C=O) groups excluding carboxylic acids is 1. The highest BCUT2D eigenvalue weighted by atomic mass is 32.2. The fourth-order valence-corrected chi connectivity index (χ4v) is 5.68. The molecule has 1 spiro atoms. The van der Waals surface area contributed by atoms with Crippen molar-refractivity contribution in [1.82, 2.24) is 9.21 Å². The van der Waals surface area contributed by atoms with Crippen molar-refractivity contribution >= 4 is 17.5 Å². The molecular weight excluding hydrogens is 352 g/mol. The summed E-state index contributed by atoms with van der Waals surface area (Å²) in [5.41, 5.74) is -0.588. The Bertz CT molecular complexity index is 507. The summed E-state index contributed by atoms with van der Waals surface area (Å²) in [6.07, 6.45) is 2.33. The van der Waals surface area contributed by atoms with Gasteiger partial charge in [0, 0.05) is 31.5 Å². The smallest absolute Gasteiger partial charge is 0.410 e. The maximum Gasteiger partial charge on any atom is 0.410 e. The van der Waals surface area contributed by atoms with E-state index in [0.29, 0.717) is 25.9 Å². The van der Waals surface area contributed by atoms with Crippen LogP contribution in [-0.2, 0) is 16.1 Å². The fourth-order valence-electron chi connectivity index (χ4n) is 4.28. The molecule has 1 heterocycles. The molecule has 0 radical (unpaired) electrons. The summed E-state index contributed by atoms with van der Waals surface area (Å²) in [5.74, 6) is 0. The second-order valence-electron chi connectivity index (χ2n) is 9.85. The predicted molar refractivity (Wildman–Crippen MR) is 104 cm³/mol. The Morgan fingerprint density at radius 2 is 1.77 bits per heavy atom. The molecule has 0 aromatic carbocycles. The summed E-state index contributed by atoms with van der Waals surface area (Å²) in [4.78, 5) is 14.1. The molecule has 0 aromatic rings. The zero-order valence-corrected chi connectivity index (χ0v) is 18.2. The van der Waals surface area contributed by atoms with Crippen molar-refractivity contribution in [1.29, 1.82) is 0 Å². The van der Waals surface area contributed by atoms with Crippen molar-refractivity contribution in [3.8, 4) is 0 Å². The standard InChI is InChI=1S/C19H36N2O4S/c1-17(2,3)25-16(23)21-10-8-19(9-11-21)13-14(22)12-15(19)20(7)26(24)18(4,5)6/h14-15,22H,8-13H2,1-7H3/t14-,15+,26?/m0/s1. The lowest BCUT2D eigenvalue weighted by molar-refractivity contribution is 0.00261. The van der Waals surface area contributed by atoms with Gasteiger partial charge in [-0.15, -0.1) is 4.31 Å². The molecule has 1 N–H and O–H groups in total. The highest BCUT2D eigenvalue weighted by Gasteiger charge is 2.54. The van der Waals surface area contributed by atoms with Gasteiger partial charge in [-0.2, -0.15) is 0 Å². The molecule has 1 saturated heterocycles. The van der Waals surface area contributed by atoms with E-state index in [9.17, 15) is 14.5 Å². The van der Waals surface area contributed by atoms with Gasteiger partial charge in [0.05, 0.1) is 12.1 Å². The van der Waals surface area contributed by atoms with Crippen molar-refractivity contribution in [2.45, 2.75) is 89.7 Å². The molecule has 3 atom stereocenters. The van der Waals surface area contributed by atoms with Crippen LogP contribution in [0.1, 0.15) is 67.2 Å². The van der Waals surface area contributed by atoms with E-state index in [1.54, 1.807) is 4.90 Å². The quantitative estimate of drug-likeness (QED) is 0.736. The number of aliphatic hydroxyl groups excluding tert-OH is 1. The summed E-state index contributed by atoms with van der Waals surface area (Å²) >= 11 is -1.13. The average Bonchev–Trinajstić information content (AvgIpc) is 2.80. The number of carbonyl (C=O) groups is 1. The molecule has 6 nitrogen and oxygen atoms in total. The molecule has 2 rings (SSSR count). The normalized spacial score (nSPS) is 27.8. The number of hydrogen-bond donors (Lipinski definition) is 1. The largest absolute Gasteiger partial charge is 0.597 e. The number of hydrogen-bond acceptors (Lipinski definition) is 5. The van der Waals surface area contributed by atoms with Crippen LogP contribution in [0.3, 0.4) is 0 Å². The maximum atomic E-state index is 12.9. The predicted octanol–water partition coefficient (Wildman–Crippen LogP) is 2.92. The first-order chi connectivity index (χ1) is 11.8. The van der Waals surface area contributed by atoms with Gasteiger partial charge in [0.25, 0.3) is 0 Å². The number of rotatable bonds is 2. The molecule has 2 fully saturated rings. The lowest BCUT2D eigenvalue weighted by Gasteiger charge is -2.46. The highest BCUT2D eigenvalue weighted by molar-refractivity contribution is 7.90. The second-order valence-corrected chi connectivity index (χ2v) is 12.1. The van der Waals surface area contributed by atoms with Gasteiger partial charge < -0.3 is 19.3 Å². The van der Waals surface area contributed by atoms with Gasteiger partial charge in [-0.1, -0.05) is 0 Å². The Hall–Kier alpha value is -0.500. The van der Waals surface area contributed by atoms with Crippen molar-refractivity contribution in [2.24, 2.45) is 5.41 Å². The van der Waals surface area contributed by atoms with Crippen LogP contribution in [0.4, 0.5) is 4.79 Å². The van der Waals surface area contributed by atoms with Crippen molar-refractivity contribution < 1.29 is 19.2 Å². The van der Waals surface area contributed by atoms with Crippen LogP contribution in [0.25, 0.3) is 0 Å². The molecule has 7 heteroatoms. The number of likely N-dealkylation sites (tertiary alicyclic amines) is 1. The first-order valence-electron chi connectivity index (χ1n) is 9.56. The Morgan fingerprint density at radius 3 is 2.23 bits per heavy atom. The van der Waals surface area contributed by atoms with E-state index in [1.807, 2.05) is 52.9 Å². The molecule has 152 valence electrons. The molecule has 26 heavy (non-hydrogen) atoms. The first-order valence-corrected chi connectivity index (χ1v) is 10.7. The van der Waals surface area contributed by atoms with E-state index in [2.05, 4.69) is 0 Å². The van der Waals surface area contributed by atoms with E-state index in [4.69, 9.17) is 4.74 Å². The van der Waals surface area contributed by atoms with Gasteiger partial charge in [-0.3, -0.25) is 0 Å². The molecule has 1 aliphatic heterocycles. The van der Waals surface area contributed by atoms with Gasteiger partial charge in [0.15, 0.2) is 0 Å². The zero-order valence-electron chi connectivity index (χ0n) is 17.4. The number of amides is 1. The first kappa shape index (κ1) is 21.8. The Morgan fingerprint density at radius 1 is 1.23 bits per heavy atom. The van der Waals surface area contributed by atoms with Gasteiger partial charge >= 0.3 is 6.09 Å². The topological polar surface area (TPSA) is 76.1 Å². The number of nitrogens with zero attached hydrogens (tertiary/aromatic N) is 2. The van der Waals surface area contributed by atoms with Crippen LogP contribution >= 0.6 is 0 Å². The lowest BCUT2D eigenvalue weighted by atomic mass is 9.74. The van der Waals surface area contributed by atoms with E-state index < -0.39 is 17.0 Å². The highest BCUT2D eigenvalue weighted by Crippen LogP contribution is 2.49. The van der Waals surface area contributed by atoms with Crippen LogP contribution < -0.4 is 0 Å². The van der Waals surface area contributed by atoms with E-state index in [-0.39, 0.29) is 28.4 Å². The minimum atomic E-state index is -1.13. The van der Waals surface area contributed by atoms with Crippen LogP contribution in [0.2, 0.25) is 0 Å². The SMILES string of the molecule is CN([C@@H]1C[C@H](O)CC12CCN(C(=O)OC(C)(C)C)CC2)[S+]([O-])C(C)(C)C. The summed E-state index contributed by atoms with van der Waals surface area (Å²) in [6, 6.07) is 0.0679. The van der Waals surface area contributed by atoms with Crippen LogP contribution in [0.15, 0.2) is 0 Å². The zero-order chi connectivity index (χ0) is 19.9. The molecule has 1 saturated carbocycles. The number of aliphatic hydroxyl groups is 1. The average molecular weight is 389 g/mol. The minimum Gasteiger partial charge on any atom is -0.597 e. The summed E-state index contributed by atoms with van der Waals surface area (Å²) in [7, 11) is 1.91. The van der Waals surface area contributed by atoms with Crippen molar-refractivity contribution in [3.05, 3.63) is 0 Å². The Labute approximate surface area is 161 Å². The van der Waals surface area contributed by atoms with Crippen molar-refractivity contribution in [3.63, 3.8) is 0 Å². The van der Waals surface area contributed by atoms with Crippen LogP contribution in [0.5, 0.6) is 0 Å². The van der Waals surface area contributed by atoms with Gasteiger partial charge in [0.1, 0.15) is 10.3 Å². The molecule has 1 aliphatic carbocycles. The van der Waals surface area contributed by atoms with E-state index >= 15 is 0 Å². The van der Waals surface area contributed by atoms with Crippen molar-refractivity contribution in [2.75, 3.05) is 20.1 Å². The monoisotopic (exact) mass is 388 g/mol. The Balaban J connectivity index is 2.08. The molecular formula is C19H36N2O4S. The molecule has 1 unspecified atom stereocenters. The van der Waals surface area contributed by atoms with E-state index in [1.165, 1.54) is 0 Å². The molecule has 1 amide bonds. The fraction of sp³-hybridized carbons (Fsp3) is 0.947. The molecule has 0 aromatic heterocycles. The maximum absolute atomic E-state index is 12.9. The molecule has 2 aliphatic rings. The van der Waals surface area contributed by atoms with Gasteiger partial charge in [-0.25, -0.2) is 4.79 Å². The Kier molecular flexibility index (Phi) is 6.28. The van der Waals surface area contributed by atoms with Crippen LogP contribution in [0, 0.1) is 5.41 Å². The minimum absolute atomic E-state index is 0.0679. The lowest BCUT2D eigenvalue weighted by Crippen LogP contribution is -2.54. The number of piperidine rings is 1. The van der Waals surface area contributed by atoms with Gasteiger partial charge in [0.2, 0.25) is 0 Å². The molecule has 0 bridgehead atoms. The van der Waals surface area contributed by atoms with Crippen LogP contribution in [-0.4, -0.2) is 67.6 Å². The number of ether oxygens (including phenoxy) is 1. The summed E-state index contributed by atoms with van der Waals surface area (Å²) in [6.45, 7) is 12.8. The second kappa shape index (κ2) is 7.49. The summed E-state index contributed by atoms with van der Waals surface area (Å²) in [5, 5.41) is 10.3.